The molecule has 6 nitrogen and oxygen atoms in total. The number of pyridine rings is 4. The minimum absolute atomic E-state index is 0.101. The Morgan fingerprint density at radius 1 is 0.717 bits per heavy atom. The molecular formula is C45H31ClFN5O. The Kier molecular flexibility index (Phi) is 8.92. The molecule has 4 aromatic heterocycles. The van der Waals surface area contributed by atoms with Crippen LogP contribution in [0, 0.1) is 12.7 Å². The quantitative estimate of drug-likeness (QED) is 0.190. The average Bonchev–Trinajstić information content (AvgIpc) is 3.17. The SMILES string of the molecule is C=C1C=Cc2cc(-c3cc(C)cc(Cl)c3)c(-c3ccccc3)nc2N1.O=c1cc[nH]c2nc(-c3ccc(F)cc3)c(-c3ccc4ncccc4c3)cc12. The maximum absolute atomic E-state index is 13.4. The van der Waals surface area contributed by atoms with Crippen molar-refractivity contribution in [2.24, 2.45) is 0 Å². The Balaban J connectivity index is 0.000000152. The smallest absolute Gasteiger partial charge is 0.191 e. The number of H-pyrrole nitrogens is 1. The fourth-order valence-electron chi connectivity index (χ4n) is 6.46. The van der Waals surface area contributed by atoms with Gasteiger partial charge in [0.1, 0.15) is 17.3 Å². The molecule has 0 unspecified atom stereocenters. The van der Waals surface area contributed by atoms with E-state index in [9.17, 15) is 9.18 Å². The van der Waals surface area contributed by atoms with E-state index in [1.807, 2.05) is 78.9 Å². The highest BCUT2D eigenvalue weighted by molar-refractivity contribution is 6.31. The van der Waals surface area contributed by atoms with Gasteiger partial charge in [-0.15, -0.1) is 0 Å². The number of aromatic amines is 1. The molecule has 256 valence electrons. The second-order valence-corrected chi connectivity index (χ2v) is 13.2. The van der Waals surface area contributed by atoms with Crippen molar-refractivity contribution >= 4 is 45.4 Å². The minimum Gasteiger partial charge on any atom is -0.346 e. The molecule has 0 atom stereocenters. The topological polar surface area (TPSA) is 83.6 Å². The Labute approximate surface area is 310 Å². The van der Waals surface area contributed by atoms with Crippen molar-refractivity contribution in [3.05, 3.63) is 184 Å². The molecule has 0 saturated heterocycles. The van der Waals surface area contributed by atoms with Gasteiger partial charge in [-0.25, -0.2) is 14.4 Å². The van der Waals surface area contributed by atoms with Crippen molar-refractivity contribution in [2.75, 3.05) is 5.32 Å². The zero-order valence-electron chi connectivity index (χ0n) is 28.6. The number of nitrogens with one attached hydrogen (secondary N) is 2. The summed E-state index contributed by atoms with van der Waals surface area (Å²) in [7, 11) is 0. The van der Waals surface area contributed by atoms with Gasteiger partial charge in [0.05, 0.1) is 22.3 Å². The molecule has 9 rings (SSSR count). The third kappa shape index (κ3) is 6.98. The first-order chi connectivity index (χ1) is 25.8. The van der Waals surface area contributed by atoms with E-state index in [1.54, 1.807) is 24.5 Å². The van der Waals surface area contributed by atoms with Gasteiger partial charge in [-0.2, -0.15) is 0 Å². The minimum atomic E-state index is -0.309. The van der Waals surface area contributed by atoms with Gasteiger partial charge in [-0.1, -0.05) is 66.7 Å². The third-order valence-corrected chi connectivity index (χ3v) is 9.19. The van der Waals surface area contributed by atoms with Crippen molar-refractivity contribution in [2.45, 2.75) is 6.92 Å². The van der Waals surface area contributed by atoms with E-state index < -0.39 is 0 Å². The van der Waals surface area contributed by atoms with Crippen molar-refractivity contribution in [3.63, 3.8) is 0 Å². The number of aromatic nitrogens is 4. The first-order valence-electron chi connectivity index (χ1n) is 16.9. The van der Waals surface area contributed by atoms with Gasteiger partial charge in [0.25, 0.3) is 0 Å². The van der Waals surface area contributed by atoms with Crippen LogP contribution in [0.2, 0.25) is 5.02 Å². The lowest BCUT2D eigenvalue weighted by molar-refractivity contribution is 0.628. The third-order valence-electron chi connectivity index (χ3n) is 8.97. The van der Waals surface area contributed by atoms with Gasteiger partial charge in [-0.05, 0) is 102 Å². The molecule has 0 radical (unpaired) electrons. The highest BCUT2D eigenvalue weighted by Gasteiger charge is 2.17. The summed E-state index contributed by atoms with van der Waals surface area (Å²) in [5, 5.41) is 5.48. The fraction of sp³-hybridized carbons (Fsp3) is 0.0222. The Morgan fingerprint density at radius 3 is 2.28 bits per heavy atom. The molecule has 2 N–H and O–H groups in total. The molecule has 5 heterocycles. The fourth-order valence-corrected chi connectivity index (χ4v) is 6.75. The van der Waals surface area contributed by atoms with Crippen molar-refractivity contribution < 1.29 is 4.39 Å². The second kappa shape index (κ2) is 14.1. The Hall–Kier alpha value is -6.70. The molecule has 4 aromatic carbocycles. The van der Waals surface area contributed by atoms with Crippen molar-refractivity contribution in [1.82, 2.24) is 19.9 Å². The molecule has 53 heavy (non-hydrogen) atoms. The van der Waals surface area contributed by atoms with E-state index in [4.69, 9.17) is 21.6 Å². The van der Waals surface area contributed by atoms with Crippen molar-refractivity contribution in [1.29, 1.82) is 0 Å². The van der Waals surface area contributed by atoms with Crippen LogP contribution in [-0.4, -0.2) is 19.9 Å². The van der Waals surface area contributed by atoms with Gasteiger partial charge in [0.2, 0.25) is 0 Å². The van der Waals surface area contributed by atoms with E-state index >= 15 is 0 Å². The highest BCUT2D eigenvalue weighted by atomic mass is 35.5. The van der Waals surface area contributed by atoms with E-state index in [2.05, 4.69) is 53.1 Å². The largest absolute Gasteiger partial charge is 0.346 e. The number of anilines is 1. The van der Waals surface area contributed by atoms with Gasteiger partial charge in [0.15, 0.2) is 5.43 Å². The average molecular weight is 712 g/mol. The highest BCUT2D eigenvalue weighted by Crippen LogP contribution is 2.38. The molecule has 0 spiro atoms. The normalized spacial score (nSPS) is 11.9. The van der Waals surface area contributed by atoms with Crippen molar-refractivity contribution in [3.8, 4) is 44.8 Å². The summed E-state index contributed by atoms with van der Waals surface area (Å²) in [5.74, 6) is 0.519. The maximum atomic E-state index is 13.4. The number of halogens is 2. The predicted molar refractivity (Wildman–Crippen MR) is 215 cm³/mol. The van der Waals surface area contributed by atoms with E-state index in [1.165, 1.54) is 18.2 Å². The van der Waals surface area contributed by atoms with Crippen LogP contribution < -0.4 is 10.7 Å². The number of hydrogen-bond donors (Lipinski definition) is 2. The summed E-state index contributed by atoms with van der Waals surface area (Å²) in [6.07, 6.45) is 7.33. The van der Waals surface area contributed by atoms with E-state index in [0.717, 1.165) is 77.6 Å². The first-order valence-corrected chi connectivity index (χ1v) is 17.3. The first kappa shape index (κ1) is 33.4. The lowest BCUT2D eigenvalue weighted by Crippen LogP contribution is -2.06. The number of allylic oxidation sites excluding steroid dienone is 1. The van der Waals surface area contributed by atoms with Crippen LogP contribution in [0.3, 0.4) is 0 Å². The lowest BCUT2D eigenvalue weighted by Gasteiger charge is -2.19. The lowest BCUT2D eigenvalue weighted by atomic mass is 9.95. The molecule has 1 aliphatic rings. The molecule has 0 fully saturated rings. The molecule has 0 saturated carbocycles. The Bertz CT molecular complexity index is 2760. The van der Waals surface area contributed by atoms with Crippen LogP contribution >= 0.6 is 11.6 Å². The number of aryl methyl sites for hydroxylation is 1. The molecular weight excluding hydrogens is 681 g/mol. The van der Waals surface area contributed by atoms with Crippen LogP contribution in [0.4, 0.5) is 10.2 Å². The second-order valence-electron chi connectivity index (χ2n) is 12.7. The van der Waals surface area contributed by atoms with Crippen LogP contribution in [0.25, 0.3) is 72.8 Å². The standard InChI is InChI=1S/C23H14FN3O.C22H17ClN2/c24-17-6-3-14(4-7-17)22-18(13-19-21(28)9-11-26-23(19)27-22)15-5-8-20-16(12-15)2-1-10-25-20;1-14-10-18(12-19(23)11-14)20-13-17-9-8-15(2)24-22(17)25-21(20)16-6-4-3-5-7-16/h1-13H,(H,26,27,28);3-13H,2H2,1H3,(H,24,25). The number of rotatable bonds is 4. The molecule has 0 amide bonds. The van der Waals surface area contributed by atoms with E-state index in [-0.39, 0.29) is 11.2 Å². The van der Waals surface area contributed by atoms with Gasteiger partial charge in [-0.3, -0.25) is 9.78 Å². The van der Waals surface area contributed by atoms with Gasteiger partial charge >= 0.3 is 0 Å². The Morgan fingerprint density at radius 2 is 1.47 bits per heavy atom. The van der Waals surface area contributed by atoms with Crippen LogP contribution in [0.5, 0.6) is 0 Å². The predicted octanol–water partition coefficient (Wildman–Crippen LogP) is 11.3. The zero-order chi connectivity index (χ0) is 36.5. The summed E-state index contributed by atoms with van der Waals surface area (Å²) in [6, 6.07) is 37.8. The molecule has 8 aromatic rings. The monoisotopic (exact) mass is 711 g/mol. The maximum Gasteiger partial charge on any atom is 0.191 e. The molecule has 1 aliphatic heterocycles. The number of benzene rings is 4. The number of fused-ring (bicyclic) bond motifs is 3. The van der Waals surface area contributed by atoms with Crippen LogP contribution in [0.1, 0.15) is 11.1 Å². The molecule has 0 bridgehead atoms. The summed E-state index contributed by atoms with van der Waals surface area (Å²) < 4.78 is 13.4. The van der Waals surface area contributed by atoms with Gasteiger partial charge in [0, 0.05) is 62.4 Å². The van der Waals surface area contributed by atoms with E-state index in [0.29, 0.717) is 16.7 Å². The summed E-state index contributed by atoms with van der Waals surface area (Å²) in [4.78, 5) is 29.3. The summed E-state index contributed by atoms with van der Waals surface area (Å²) in [5.41, 5.74) is 11.6. The summed E-state index contributed by atoms with van der Waals surface area (Å²) in [6.45, 7) is 6.01. The summed E-state index contributed by atoms with van der Waals surface area (Å²) >= 11 is 6.30. The van der Waals surface area contributed by atoms with Crippen LogP contribution in [-0.2, 0) is 0 Å². The molecule has 0 aliphatic carbocycles. The van der Waals surface area contributed by atoms with Crippen LogP contribution in [0.15, 0.2) is 157 Å². The number of hydrogen-bond acceptors (Lipinski definition) is 5. The zero-order valence-corrected chi connectivity index (χ0v) is 29.3. The number of nitrogens with zero attached hydrogens (tertiary/aromatic N) is 3. The van der Waals surface area contributed by atoms with Gasteiger partial charge < -0.3 is 10.3 Å². The molecule has 8 heteroatoms.